The van der Waals surface area contributed by atoms with Gasteiger partial charge in [0.05, 0.1) is 12.1 Å². The van der Waals surface area contributed by atoms with E-state index in [1.807, 2.05) is 17.5 Å². The summed E-state index contributed by atoms with van der Waals surface area (Å²) in [5, 5.41) is 5.77. The van der Waals surface area contributed by atoms with Crippen molar-refractivity contribution in [2.24, 2.45) is 5.92 Å². The van der Waals surface area contributed by atoms with Gasteiger partial charge in [0, 0.05) is 29.9 Å². The Hall–Kier alpha value is -1.75. The first-order chi connectivity index (χ1) is 9.65. The van der Waals surface area contributed by atoms with Crippen LogP contribution in [0.25, 0.3) is 10.6 Å². The summed E-state index contributed by atoms with van der Waals surface area (Å²) in [4.78, 5) is 20.3. The summed E-state index contributed by atoms with van der Waals surface area (Å²) in [6, 6.07) is 3.85. The molecule has 2 heterocycles. The number of thiazole rings is 1. The van der Waals surface area contributed by atoms with Crippen LogP contribution in [-0.2, 0) is 11.2 Å². The predicted molar refractivity (Wildman–Crippen MR) is 81.5 cm³/mol. The minimum absolute atomic E-state index is 0.0358. The van der Waals surface area contributed by atoms with E-state index >= 15 is 0 Å². The molecule has 0 aliphatic heterocycles. The zero-order valence-corrected chi connectivity index (χ0v) is 12.6. The molecule has 106 valence electrons. The number of carbonyl (C=O) groups excluding carboxylic acids is 1. The van der Waals surface area contributed by atoms with Crippen LogP contribution in [0.15, 0.2) is 29.9 Å². The number of hydrogen-bond donors (Lipinski definition) is 1. The van der Waals surface area contributed by atoms with E-state index in [1.165, 1.54) is 0 Å². The lowest BCUT2D eigenvalue weighted by molar-refractivity contribution is -0.120. The second-order valence-electron chi connectivity index (χ2n) is 5.09. The molecule has 0 aliphatic carbocycles. The SMILES string of the molecule is CC(C)CCNC(=O)Cc1csc(-c2cccnc2)n1. The van der Waals surface area contributed by atoms with Crippen LogP contribution >= 0.6 is 11.3 Å². The van der Waals surface area contributed by atoms with Gasteiger partial charge in [-0.05, 0) is 24.5 Å². The summed E-state index contributed by atoms with van der Waals surface area (Å²) < 4.78 is 0. The van der Waals surface area contributed by atoms with Crippen molar-refractivity contribution in [3.05, 3.63) is 35.6 Å². The van der Waals surface area contributed by atoms with Crippen molar-refractivity contribution in [2.75, 3.05) is 6.54 Å². The maximum atomic E-state index is 11.8. The smallest absolute Gasteiger partial charge is 0.226 e. The second kappa shape index (κ2) is 7.14. The van der Waals surface area contributed by atoms with Crippen LogP contribution in [0.5, 0.6) is 0 Å². The average molecular weight is 289 g/mol. The molecule has 1 amide bonds. The Morgan fingerprint density at radius 2 is 2.30 bits per heavy atom. The van der Waals surface area contributed by atoms with Crippen LogP contribution in [-0.4, -0.2) is 22.4 Å². The van der Waals surface area contributed by atoms with Gasteiger partial charge in [-0.1, -0.05) is 13.8 Å². The molecular formula is C15H19N3OS. The van der Waals surface area contributed by atoms with Crippen LogP contribution in [0.4, 0.5) is 0 Å². The standard InChI is InChI=1S/C15H19N3OS/c1-11(2)5-7-17-14(19)8-13-10-20-15(18-13)12-4-3-6-16-9-12/h3-4,6,9-11H,5,7-8H2,1-2H3,(H,17,19). The lowest BCUT2D eigenvalue weighted by atomic mass is 10.1. The van der Waals surface area contributed by atoms with E-state index in [4.69, 9.17) is 0 Å². The molecule has 0 aromatic carbocycles. The molecule has 0 saturated carbocycles. The molecule has 5 heteroatoms. The summed E-state index contributed by atoms with van der Waals surface area (Å²) in [7, 11) is 0. The molecule has 4 nitrogen and oxygen atoms in total. The molecule has 0 radical (unpaired) electrons. The first-order valence-corrected chi connectivity index (χ1v) is 7.64. The number of pyridine rings is 1. The number of amides is 1. The zero-order valence-electron chi connectivity index (χ0n) is 11.8. The molecule has 0 aliphatic rings. The number of nitrogens with zero attached hydrogens (tertiary/aromatic N) is 2. The summed E-state index contributed by atoms with van der Waals surface area (Å²) in [6.07, 6.45) is 4.87. The highest BCUT2D eigenvalue weighted by molar-refractivity contribution is 7.13. The van der Waals surface area contributed by atoms with E-state index in [0.717, 1.165) is 29.2 Å². The van der Waals surface area contributed by atoms with E-state index < -0.39 is 0 Å². The molecule has 2 aromatic heterocycles. The lowest BCUT2D eigenvalue weighted by Gasteiger charge is -2.05. The third kappa shape index (κ3) is 4.42. The van der Waals surface area contributed by atoms with Gasteiger partial charge in [0.1, 0.15) is 5.01 Å². The Morgan fingerprint density at radius 3 is 3.00 bits per heavy atom. The van der Waals surface area contributed by atoms with Gasteiger partial charge in [-0.15, -0.1) is 11.3 Å². The van der Waals surface area contributed by atoms with E-state index in [9.17, 15) is 4.79 Å². The Kier molecular flexibility index (Phi) is 5.24. The van der Waals surface area contributed by atoms with E-state index in [2.05, 4.69) is 29.1 Å². The van der Waals surface area contributed by atoms with Crippen molar-refractivity contribution in [2.45, 2.75) is 26.7 Å². The van der Waals surface area contributed by atoms with Gasteiger partial charge >= 0.3 is 0 Å². The quantitative estimate of drug-likeness (QED) is 0.889. The Labute approximate surface area is 123 Å². The van der Waals surface area contributed by atoms with Crippen LogP contribution in [0.2, 0.25) is 0 Å². The van der Waals surface area contributed by atoms with Gasteiger partial charge in [-0.2, -0.15) is 0 Å². The number of rotatable bonds is 6. The maximum absolute atomic E-state index is 11.8. The molecule has 2 aromatic rings. The fourth-order valence-corrected chi connectivity index (χ4v) is 2.55. The fraction of sp³-hybridized carbons (Fsp3) is 0.400. The molecule has 0 atom stereocenters. The topological polar surface area (TPSA) is 54.9 Å². The Morgan fingerprint density at radius 1 is 1.45 bits per heavy atom. The van der Waals surface area contributed by atoms with Gasteiger partial charge in [-0.3, -0.25) is 9.78 Å². The molecule has 0 saturated heterocycles. The molecule has 1 N–H and O–H groups in total. The van der Waals surface area contributed by atoms with E-state index in [-0.39, 0.29) is 5.91 Å². The summed E-state index contributed by atoms with van der Waals surface area (Å²) in [6.45, 7) is 5.02. The highest BCUT2D eigenvalue weighted by atomic mass is 32.1. The third-order valence-electron chi connectivity index (χ3n) is 2.85. The first-order valence-electron chi connectivity index (χ1n) is 6.76. The van der Waals surface area contributed by atoms with Crippen molar-refractivity contribution in [1.29, 1.82) is 0 Å². The maximum Gasteiger partial charge on any atom is 0.226 e. The van der Waals surface area contributed by atoms with E-state index in [1.54, 1.807) is 23.7 Å². The van der Waals surface area contributed by atoms with Gasteiger partial charge in [0.15, 0.2) is 0 Å². The highest BCUT2D eigenvalue weighted by Crippen LogP contribution is 2.22. The summed E-state index contributed by atoms with van der Waals surface area (Å²) in [5.74, 6) is 0.639. The minimum atomic E-state index is 0.0358. The van der Waals surface area contributed by atoms with Gasteiger partial charge < -0.3 is 5.32 Å². The zero-order chi connectivity index (χ0) is 14.4. The monoisotopic (exact) mass is 289 g/mol. The molecule has 0 bridgehead atoms. The predicted octanol–water partition coefficient (Wildman–Crippen LogP) is 2.91. The van der Waals surface area contributed by atoms with Crippen molar-refractivity contribution in [1.82, 2.24) is 15.3 Å². The summed E-state index contributed by atoms with van der Waals surface area (Å²) >= 11 is 1.54. The van der Waals surface area contributed by atoms with Gasteiger partial charge in [-0.25, -0.2) is 4.98 Å². The molecule has 0 fully saturated rings. The highest BCUT2D eigenvalue weighted by Gasteiger charge is 2.09. The van der Waals surface area contributed by atoms with Crippen molar-refractivity contribution < 1.29 is 4.79 Å². The largest absolute Gasteiger partial charge is 0.356 e. The number of nitrogens with one attached hydrogen (secondary N) is 1. The van der Waals surface area contributed by atoms with Gasteiger partial charge in [0.2, 0.25) is 5.91 Å². The minimum Gasteiger partial charge on any atom is -0.356 e. The lowest BCUT2D eigenvalue weighted by Crippen LogP contribution is -2.26. The molecule has 20 heavy (non-hydrogen) atoms. The third-order valence-corrected chi connectivity index (χ3v) is 3.79. The Bertz CT molecular complexity index is 551. The number of carbonyl (C=O) groups is 1. The molecule has 0 unspecified atom stereocenters. The second-order valence-corrected chi connectivity index (χ2v) is 5.95. The Balaban J connectivity index is 1.88. The normalized spacial score (nSPS) is 10.8. The summed E-state index contributed by atoms with van der Waals surface area (Å²) in [5.41, 5.74) is 1.81. The number of hydrogen-bond acceptors (Lipinski definition) is 4. The number of aromatic nitrogens is 2. The van der Waals surface area contributed by atoms with E-state index in [0.29, 0.717) is 12.3 Å². The first kappa shape index (κ1) is 14.7. The van der Waals surface area contributed by atoms with Crippen LogP contribution in [0.3, 0.4) is 0 Å². The molecule has 0 spiro atoms. The molecule has 2 rings (SSSR count). The van der Waals surface area contributed by atoms with Crippen LogP contribution in [0.1, 0.15) is 26.0 Å². The van der Waals surface area contributed by atoms with Crippen molar-refractivity contribution >= 4 is 17.2 Å². The molecular weight excluding hydrogens is 270 g/mol. The van der Waals surface area contributed by atoms with Crippen LogP contribution in [0, 0.1) is 5.92 Å². The van der Waals surface area contributed by atoms with Crippen LogP contribution < -0.4 is 5.32 Å². The van der Waals surface area contributed by atoms with Crippen molar-refractivity contribution in [3.8, 4) is 10.6 Å². The average Bonchev–Trinajstić information content (AvgIpc) is 2.88. The van der Waals surface area contributed by atoms with Gasteiger partial charge in [0.25, 0.3) is 0 Å². The fourth-order valence-electron chi connectivity index (χ4n) is 1.74. The van der Waals surface area contributed by atoms with Crippen molar-refractivity contribution in [3.63, 3.8) is 0 Å².